The number of esters is 1. The fraction of sp³-hybridized carbons (Fsp3) is 0.476. The van der Waals surface area contributed by atoms with Gasteiger partial charge in [0, 0.05) is 28.7 Å². The van der Waals surface area contributed by atoms with E-state index < -0.39 is 0 Å². The Balaban J connectivity index is 1.65. The number of carbonyl (C=O) groups is 1. The summed E-state index contributed by atoms with van der Waals surface area (Å²) in [7, 11) is 1.68. The summed E-state index contributed by atoms with van der Waals surface area (Å²) >= 11 is 0. The molecule has 1 spiro atoms. The molecule has 4 heteroatoms. The lowest BCUT2D eigenvalue weighted by atomic mass is 9.68. The molecule has 2 aromatic rings. The van der Waals surface area contributed by atoms with E-state index in [2.05, 4.69) is 25.1 Å². The van der Waals surface area contributed by atoms with Gasteiger partial charge >= 0.3 is 5.97 Å². The zero-order chi connectivity index (χ0) is 17.4. The first kappa shape index (κ1) is 15.1. The molecular weight excluding hydrogens is 316 g/mol. The molecule has 1 aliphatic heterocycles. The van der Waals surface area contributed by atoms with Gasteiger partial charge in [0.2, 0.25) is 0 Å². The Morgan fingerprint density at radius 1 is 1.28 bits per heavy atom. The molecule has 4 nitrogen and oxygen atoms in total. The van der Waals surface area contributed by atoms with Crippen LogP contribution in [0.15, 0.2) is 30.3 Å². The number of fused-ring (bicyclic) bond motifs is 3. The third-order valence-electron chi connectivity index (χ3n) is 6.82. The summed E-state index contributed by atoms with van der Waals surface area (Å²) in [6.45, 7) is 4.33. The average molecular weight is 338 g/mol. The summed E-state index contributed by atoms with van der Waals surface area (Å²) in [5, 5.41) is 2.26. The predicted molar refractivity (Wildman–Crippen MR) is 94.1 cm³/mol. The number of methoxy groups -OCH3 is 1. The van der Waals surface area contributed by atoms with E-state index in [-0.39, 0.29) is 22.9 Å². The van der Waals surface area contributed by atoms with E-state index in [9.17, 15) is 4.79 Å². The van der Waals surface area contributed by atoms with Crippen LogP contribution in [0, 0.1) is 11.3 Å². The van der Waals surface area contributed by atoms with E-state index in [1.165, 1.54) is 18.9 Å². The highest BCUT2D eigenvalue weighted by atomic mass is 16.5. The minimum atomic E-state index is -0.195. The van der Waals surface area contributed by atoms with E-state index in [1.807, 2.05) is 12.1 Å². The van der Waals surface area contributed by atoms with Crippen molar-refractivity contribution in [2.24, 2.45) is 11.3 Å². The van der Waals surface area contributed by atoms with Gasteiger partial charge in [0.15, 0.2) is 0 Å². The third kappa shape index (κ3) is 1.75. The minimum Gasteiger partial charge on any atom is -0.497 e. The summed E-state index contributed by atoms with van der Waals surface area (Å²) in [5.41, 5.74) is 1.24. The Bertz CT molecular complexity index is 904. The molecular formula is C21H22O4. The smallest absolute Gasteiger partial charge is 0.302 e. The molecule has 3 aliphatic rings. The van der Waals surface area contributed by atoms with Crippen LogP contribution in [0.1, 0.15) is 32.3 Å². The van der Waals surface area contributed by atoms with Crippen LogP contribution >= 0.6 is 0 Å². The first-order chi connectivity index (χ1) is 12.0. The van der Waals surface area contributed by atoms with Crippen molar-refractivity contribution >= 4 is 16.7 Å². The standard InChI is InChI=1S/C21H22O4/c1-12(22)25-18-9-14-10-21(14)17-7-4-13-8-15(23-3)5-6-16(13)19(17)24-11-20(18,21)2/h4-8,14,18H,9-11H2,1-3H3/t14-,18-,20-,21+/m1/s1. The second-order valence-corrected chi connectivity index (χ2v) is 7.94. The molecule has 2 aliphatic carbocycles. The molecule has 2 aromatic carbocycles. The van der Waals surface area contributed by atoms with Gasteiger partial charge in [-0.25, -0.2) is 0 Å². The molecule has 4 atom stereocenters. The van der Waals surface area contributed by atoms with Gasteiger partial charge < -0.3 is 14.2 Å². The maximum absolute atomic E-state index is 11.5. The zero-order valence-corrected chi connectivity index (χ0v) is 14.8. The largest absolute Gasteiger partial charge is 0.497 e. The van der Waals surface area contributed by atoms with E-state index in [0.29, 0.717) is 12.5 Å². The molecule has 0 amide bonds. The molecule has 130 valence electrons. The summed E-state index contributed by atoms with van der Waals surface area (Å²) in [6, 6.07) is 10.5. The van der Waals surface area contributed by atoms with Gasteiger partial charge in [0.25, 0.3) is 0 Å². The van der Waals surface area contributed by atoms with E-state index in [4.69, 9.17) is 14.2 Å². The quantitative estimate of drug-likeness (QED) is 0.781. The topological polar surface area (TPSA) is 44.8 Å². The number of ether oxygens (including phenoxy) is 3. The molecule has 0 bridgehead atoms. The summed E-state index contributed by atoms with van der Waals surface area (Å²) < 4.78 is 17.3. The van der Waals surface area contributed by atoms with Gasteiger partial charge in [-0.3, -0.25) is 4.79 Å². The Morgan fingerprint density at radius 2 is 2.12 bits per heavy atom. The molecule has 0 saturated heterocycles. The lowest BCUT2D eigenvalue weighted by Crippen LogP contribution is -2.48. The highest BCUT2D eigenvalue weighted by molar-refractivity contribution is 5.91. The van der Waals surface area contributed by atoms with Gasteiger partial charge in [-0.05, 0) is 42.3 Å². The molecule has 0 aromatic heterocycles. The fourth-order valence-corrected chi connectivity index (χ4v) is 5.49. The third-order valence-corrected chi connectivity index (χ3v) is 6.82. The van der Waals surface area contributed by atoms with Crippen molar-refractivity contribution in [2.45, 2.75) is 38.2 Å². The first-order valence-corrected chi connectivity index (χ1v) is 8.91. The first-order valence-electron chi connectivity index (χ1n) is 8.91. The van der Waals surface area contributed by atoms with E-state index in [1.54, 1.807) is 7.11 Å². The molecule has 2 saturated carbocycles. The van der Waals surface area contributed by atoms with E-state index in [0.717, 1.165) is 28.7 Å². The number of hydrogen-bond donors (Lipinski definition) is 0. The number of hydrogen-bond acceptors (Lipinski definition) is 4. The van der Waals surface area contributed by atoms with Crippen LogP contribution in [0.4, 0.5) is 0 Å². The summed E-state index contributed by atoms with van der Waals surface area (Å²) in [6.07, 6.45) is 2.06. The van der Waals surface area contributed by atoms with Crippen LogP contribution in [0.2, 0.25) is 0 Å². The van der Waals surface area contributed by atoms with Crippen LogP contribution in [-0.4, -0.2) is 25.8 Å². The van der Waals surface area contributed by atoms with Gasteiger partial charge in [-0.15, -0.1) is 0 Å². The summed E-state index contributed by atoms with van der Waals surface area (Å²) in [4.78, 5) is 11.5. The maximum atomic E-state index is 11.5. The van der Waals surface area contributed by atoms with Crippen molar-refractivity contribution in [2.75, 3.05) is 13.7 Å². The Morgan fingerprint density at radius 3 is 2.88 bits per heavy atom. The van der Waals surface area contributed by atoms with Gasteiger partial charge in [0.05, 0.1) is 13.7 Å². The van der Waals surface area contributed by atoms with Crippen LogP contribution in [0.3, 0.4) is 0 Å². The molecule has 5 rings (SSSR count). The van der Waals surface area contributed by atoms with Crippen molar-refractivity contribution in [3.8, 4) is 11.5 Å². The fourth-order valence-electron chi connectivity index (χ4n) is 5.49. The molecule has 1 heterocycles. The number of carbonyl (C=O) groups excluding carboxylic acids is 1. The lowest BCUT2D eigenvalue weighted by molar-refractivity contribution is -0.155. The van der Waals surface area contributed by atoms with Crippen LogP contribution < -0.4 is 9.47 Å². The van der Waals surface area contributed by atoms with Crippen LogP contribution in [0.5, 0.6) is 11.5 Å². The van der Waals surface area contributed by atoms with Crippen molar-refractivity contribution < 1.29 is 19.0 Å². The SMILES string of the molecule is COc1ccc2c3c(ccc2c1)[C@]12C[C@H]1C[C@@H](OC(C)=O)[C@@]2(C)CO3. The van der Waals surface area contributed by atoms with Crippen molar-refractivity contribution in [3.05, 3.63) is 35.9 Å². The van der Waals surface area contributed by atoms with Crippen LogP contribution in [-0.2, 0) is 14.9 Å². The maximum Gasteiger partial charge on any atom is 0.302 e. The summed E-state index contributed by atoms with van der Waals surface area (Å²) in [5.74, 6) is 2.24. The second kappa shape index (κ2) is 4.69. The monoisotopic (exact) mass is 338 g/mol. The normalized spacial score (nSPS) is 34.5. The minimum absolute atomic E-state index is 0.0523. The van der Waals surface area contributed by atoms with Crippen molar-refractivity contribution in [1.29, 1.82) is 0 Å². The van der Waals surface area contributed by atoms with Crippen LogP contribution in [0.25, 0.3) is 10.8 Å². The highest BCUT2D eigenvalue weighted by Crippen LogP contribution is 2.76. The molecule has 0 N–H and O–H groups in total. The predicted octanol–water partition coefficient (Wildman–Crippen LogP) is 3.84. The Kier molecular flexibility index (Phi) is 2.82. The van der Waals surface area contributed by atoms with E-state index >= 15 is 0 Å². The molecule has 2 fully saturated rings. The number of rotatable bonds is 2. The molecule has 0 unspecified atom stereocenters. The lowest BCUT2D eigenvalue weighted by Gasteiger charge is -2.44. The van der Waals surface area contributed by atoms with Crippen molar-refractivity contribution in [3.63, 3.8) is 0 Å². The highest BCUT2D eigenvalue weighted by Gasteiger charge is 2.76. The van der Waals surface area contributed by atoms with Gasteiger partial charge in [0.1, 0.15) is 17.6 Å². The van der Waals surface area contributed by atoms with Gasteiger partial charge in [-0.2, -0.15) is 0 Å². The van der Waals surface area contributed by atoms with Crippen molar-refractivity contribution in [1.82, 2.24) is 0 Å². The molecule has 25 heavy (non-hydrogen) atoms. The second-order valence-electron chi connectivity index (χ2n) is 7.94. The Labute approximate surface area is 147 Å². The average Bonchev–Trinajstić information content (AvgIpc) is 3.26. The zero-order valence-electron chi connectivity index (χ0n) is 14.8. The Hall–Kier alpha value is -2.23. The molecule has 0 radical (unpaired) electrons. The van der Waals surface area contributed by atoms with Gasteiger partial charge in [-0.1, -0.05) is 19.1 Å². The number of benzene rings is 2.